The Labute approximate surface area is 78.9 Å². The second-order valence-corrected chi connectivity index (χ2v) is 3.64. The predicted octanol–water partition coefficient (Wildman–Crippen LogP) is -0.422. The van der Waals surface area contributed by atoms with Gasteiger partial charge in [0.25, 0.3) is 0 Å². The van der Waals surface area contributed by atoms with Crippen molar-refractivity contribution in [2.45, 2.75) is 32.4 Å². The Hall–Kier alpha value is -0.610. The van der Waals surface area contributed by atoms with Gasteiger partial charge in [-0.25, -0.2) is 0 Å². The highest BCUT2D eigenvalue weighted by molar-refractivity contribution is 5.79. The molecule has 0 aromatic rings. The minimum absolute atomic E-state index is 0.0885. The zero-order valence-electron chi connectivity index (χ0n) is 8.29. The van der Waals surface area contributed by atoms with Gasteiger partial charge in [0.2, 0.25) is 5.91 Å². The van der Waals surface area contributed by atoms with Crippen molar-refractivity contribution in [3.8, 4) is 0 Å². The van der Waals surface area contributed by atoms with E-state index in [4.69, 9.17) is 5.11 Å². The van der Waals surface area contributed by atoms with Crippen molar-refractivity contribution in [1.82, 2.24) is 10.2 Å². The Bertz CT molecular complexity index is 178. The molecule has 1 rings (SSSR count). The largest absolute Gasteiger partial charge is 0.389 e. The molecule has 0 aromatic heterocycles. The normalized spacial score (nSPS) is 19.8. The number of β-amino-alcohol motifs (C(OH)–C–C–N with tert-alkyl or cyclic N) is 1. The molecule has 1 saturated heterocycles. The van der Waals surface area contributed by atoms with Crippen molar-refractivity contribution in [1.29, 1.82) is 0 Å². The van der Waals surface area contributed by atoms with Gasteiger partial charge in [-0.2, -0.15) is 0 Å². The van der Waals surface area contributed by atoms with Crippen molar-refractivity contribution in [3.05, 3.63) is 0 Å². The molecule has 4 heteroatoms. The molecule has 76 valence electrons. The quantitative estimate of drug-likeness (QED) is 0.627. The van der Waals surface area contributed by atoms with Crippen LogP contribution in [0.2, 0.25) is 0 Å². The van der Waals surface area contributed by atoms with E-state index in [9.17, 15) is 4.79 Å². The van der Waals surface area contributed by atoms with Crippen molar-refractivity contribution in [2.75, 3.05) is 19.6 Å². The summed E-state index contributed by atoms with van der Waals surface area (Å²) in [5.41, 5.74) is 0. The molecule has 1 aliphatic heterocycles. The van der Waals surface area contributed by atoms with Crippen molar-refractivity contribution < 1.29 is 9.90 Å². The summed E-state index contributed by atoms with van der Waals surface area (Å²) >= 11 is 0. The molecular formula is C9H18N2O2. The Balaban J connectivity index is 2.11. The average molecular weight is 186 g/mol. The van der Waals surface area contributed by atoms with Gasteiger partial charge in [0.05, 0.1) is 12.6 Å². The first-order chi connectivity index (χ1) is 6.13. The van der Waals surface area contributed by atoms with Gasteiger partial charge in [0, 0.05) is 19.1 Å². The van der Waals surface area contributed by atoms with E-state index in [1.54, 1.807) is 4.90 Å². The fourth-order valence-electron chi connectivity index (χ4n) is 1.18. The maximum atomic E-state index is 11.3. The topological polar surface area (TPSA) is 52.6 Å². The molecule has 0 bridgehead atoms. The van der Waals surface area contributed by atoms with Crippen LogP contribution in [0.4, 0.5) is 0 Å². The van der Waals surface area contributed by atoms with Crippen LogP contribution in [0.3, 0.4) is 0 Å². The van der Waals surface area contributed by atoms with Crippen LogP contribution in [0.25, 0.3) is 0 Å². The fourth-order valence-corrected chi connectivity index (χ4v) is 1.18. The van der Waals surface area contributed by atoms with Crippen LogP contribution < -0.4 is 5.32 Å². The third-order valence-corrected chi connectivity index (χ3v) is 2.43. The lowest BCUT2D eigenvalue weighted by molar-refractivity contribution is -0.140. The van der Waals surface area contributed by atoms with Gasteiger partial charge in [-0.3, -0.25) is 4.79 Å². The first-order valence-corrected chi connectivity index (χ1v) is 4.82. The summed E-state index contributed by atoms with van der Waals surface area (Å²) < 4.78 is 0. The highest BCUT2D eigenvalue weighted by atomic mass is 16.3. The highest BCUT2D eigenvalue weighted by Gasteiger charge is 2.28. The number of hydrogen-bond donors (Lipinski definition) is 2. The Morgan fingerprint density at radius 2 is 2.31 bits per heavy atom. The van der Waals surface area contributed by atoms with Crippen LogP contribution in [-0.4, -0.2) is 47.7 Å². The van der Waals surface area contributed by atoms with E-state index in [0.29, 0.717) is 25.7 Å². The molecule has 0 radical (unpaired) electrons. The number of likely N-dealkylation sites (tertiary alicyclic amines) is 1. The molecule has 1 fully saturated rings. The summed E-state index contributed by atoms with van der Waals surface area (Å²) in [6.07, 6.45) is 0.725. The summed E-state index contributed by atoms with van der Waals surface area (Å²) in [6.45, 7) is 5.53. The number of nitrogens with one attached hydrogen (secondary N) is 1. The lowest BCUT2D eigenvalue weighted by Crippen LogP contribution is -2.56. The van der Waals surface area contributed by atoms with Gasteiger partial charge in [-0.05, 0) is 13.3 Å². The Morgan fingerprint density at radius 1 is 1.69 bits per heavy atom. The maximum Gasteiger partial charge on any atom is 0.236 e. The number of aliphatic hydroxyl groups is 1. The van der Waals surface area contributed by atoms with Gasteiger partial charge < -0.3 is 15.3 Å². The second-order valence-electron chi connectivity index (χ2n) is 3.64. The molecule has 1 heterocycles. The van der Waals surface area contributed by atoms with Crippen LogP contribution in [0.15, 0.2) is 0 Å². The molecule has 0 aliphatic carbocycles. The lowest BCUT2D eigenvalue weighted by Gasteiger charge is -2.36. The number of carbonyl (C=O) groups is 1. The van der Waals surface area contributed by atoms with E-state index < -0.39 is 0 Å². The molecule has 0 spiro atoms. The summed E-state index contributed by atoms with van der Waals surface area (Å²) in [5, 5.41) is 12.1. The van der Waals surface area contributed by atoms with Crippen LogP contribution >= 0.6 is 0 Å². The number of aliphatic hydroxyl groups excluding tert-OH is 1. The van der Waals surface area contributed by atoms with Crippen LogP contribution in [-0.2, 0) is 4.79 Å². The molecule has 2 N–H and O–H groups in total. The standard InChI is InChI=1S/C9H18N2O2/c1-3-7(2)10-4-9(13)11-5-8(12)6-11/h7-8,10,12H,3-6H2,1-2H3. The van der Waals surface area contributed by atoms with Crippen molar-refractivity contribution in [2.24, 2.45) is 0 Å². The monoisotopic (exact) mass is 186 g/mol. The van der Waals surface area contributed by atoms with Crippen molar-refractivity contribution >= 4 is 5.91 Å². The van der Waals surface area contributed by atoms with Crippen LogP contribution in [0.5, 0.6) is 0 Å². The minimum Gasteiger partial charge on any atom is -0.389 e. The van der Waals surface area contributed by atoms with Crippen molar-refractivity contribution in [3.63, 3.8) is 0 Å². The number of amides is 1. The maximum absolute atomic E-state index is 11.3. The molecule has 13 heavy (non-hydrogen) atoms. The van der Waals surface area contributed by atoms with Crippen LogP contribution in [0, 0.1) is 0 Å². The molecule has 1 aliphatic rings. The first kappa shape index (κ1) is 10.5. The Morgan fingerprint density at radius 3 is 2.77 bits per heavy atom. The van der Waals surface area contributed by atoms with Gasteiger partial charge >= 0.3 is 0 Å². The summed E-state index contributed by atoms with van der Waals surface area (Å²) in [6, 6.07) is 0.384. The molecular weight excluding hydrogens is 168 g/mol. The summed E-state index contributed by atoms with van der Waals surface area (Å²) in [5.74, 6) is 0.0885. The van der Waals surface area contributed by atoms with E-state index >= 15 is 0 Å². The van der Waals surface area contributed by atoms with E-state index in [1.165, 1.54) is 0 Å². The minimum atomic E-state index is -0.299. The van der Waals surface area contributed by atoms with E-state index in [2.05, 4.69) is 19.2 Å². The van der Waals surface area contributed by atoms with E-state index in [-0.39, 0.29) is 12.0 Å². The average Bonchev–Trinajstić information content (AvgIpc) is 2.08. The third kappa shape index (κ3) is 2.97. The Kier molecular flexibility index (Phi) is 3.69. The van der Waals surface area contributed by atoms with Gasteiger partial charge in [-0.1, -0.05) is 6.92 Å². The smallest absolute Gasteiger partial charge is 0.236 e. The first-order valence-electron chi connectivity index (χ1n) is 4.82. The molecule has 1 amide bonds. The zero-order chi connectivity index (χ0) is 9.84. The van der Waals surface area contributed by atoms with E-state index in [1.807, 2.05) is 0 Å². The molecule has 4 nitrogen and oxygen atoms in total. The fraction of sp³-hybridized carbons (Fsp3) is 0.889. The second kappa shape index (κ2) is 4.58. The van der Waals surface area contributed by atoms with Gasteiger partial charge in [0.15, 0.2) is 0 Å². The SMILES string of the molecule is CCC(C)NCC(=O)N1CC(O)C1. The lowest BCUT2D eigenvalue weighted by atomic mass is 10.1. The summed E-state index contributed by atoms with van der Waals surface area (Å²) in [4.78, 5) is 13.0. The van der Waals surface area contributed by atoms with Crippen LogP contribution in [0.1, 0.15) is 20.3 Å². The van der Waals surface area contributed by atoms with E-state index in [0.717, 1.165) is 6.42 Å². The zero-order valence-corrected chi connectivity index (χ0v) is 8.29. The molecule has 1 unspecified atom stereocenters. The number of rotatable bonds is 4. The van der Waals surface area contributed by atoms with Gasteiger partial charge in [0.1, 0.15) is 0 Å². The molecule has 1 atom stereocenters. The summed E-state index contributed by atoms with van der Waals surface area (Å²) in [7, 11) is 0. The highest BCUT2D eigenvalue weighted by Crippen LogP contribution is 2.06. The van der Waals surface area contributed by atoms with Gasteiger partial charge in [-0.15, -0.1) is 0 Å². The number of hydrogen-bond acceptors (Lipinski definition) is 3. The number of carbonyl (C=O) groups excluding carboxylic acids is 1. The third-order valence-electron chi connectivity index (χ3n) is 2.43. The predicted molar refractivity (Wildman–Crippen MR) is 50.3 cm³/mol. The molecule has 0 saturated carbocycles. The number of nitrogens with zero attached hydrogens (tertiary/aromatic N) is 1. The molecule has 0 aromatic carbocycles.